The molecule has 2 N–H and O–H groups in total. The van der Waals surface area contributed by atoms with E-state index >= 15 is 0 Å². The number of amides is 2. The normalized spacial score (nSPS) is 13.5. The first-order valence-corrected chi connectivity index (χ1v) is 7.09. The summed E-state index contributed by atoms with van der Waals surface area (Å²) >= 11 is 0. The molecule has 21 heavy (non-hydrogen) atoms. The first kappa shape index (κ1) is 15.1. The molecule has 0 aromatic heterocycles. The van der Waals surface area contributed by atoms with Gasteiger partial charge in [-0.1, -0.05) is 18.2 Å². The van der Waals surface area contributed by atoms with Gasteiger partial charge in [0.2, 0.25) is 0 Å². The summed E-state index contributed by atoms with van der Waals surface area (Å²) in [4.78, 5) is 24.5. The van der Waals surface area contributed by atoms with Crippen LogP contribution in [0.1, 0.15) is 24.8 Å². The van der Waals surface area contributed by atoms with Crippen molar-refractivity contribution >= 4 is 17.7 Å². The maximum atomic E-state index is 12.2. The van der Waals surface area contributed by atoms with Crippen molar-refractivity contribution in [2.75, 3.05) is 11.9 Å². The van der Waals surface area contributed by atoms with Gasteiger partial charge in [-0.2, -0.15) is 0 Å². The number of anilines is 1. The van der Waals surface area contributed by atoms with Crippen molar-refractivity contribution in [1.29, 1.82) is 0 Å². The number of hydrogen-bond acceptors (Lipinski definition) is 2. The molecule has 5 heteroatoms. The molecule has 1 aromatic carbocycles. The second-order valence-corrected chi connectivity index (χ2v) is 5.19. The Kier molecular flexibility index (Phi) is 4.98. The minimum absolute atomic E-state index is 0.112. The Balaban J connectivity index is 1.91. The van der Waals surface area contributed by atoms with E-state index in [9.17, 15) is 9.59 Å². The van der Waals surface area contributed by atoms with E-state index in [-0.39, 0.29) is 12.5 Å². The molecule has 112 valence electrons. The average molecular weight is 288 g/mol. The number of rotatable bonds is 7. The van der Waals surface area contributed by atoms with E-state index in [1.165, 1.54) is 0 Å². The third kappa shape index (κ3) is 4.63. The van der Waals surface area contributed by atoms with E-state index < -0.39 is 5.97 Å². The molecule has 5 nitrogen and oxygen atoms in total. The van der Waals surface area contributed by atoms with E-state index in [4.69, 9.17) is 5.11 Å². The first-order chi connectivity index (χ1) is 10.1. The summed E-state index contributed by atoms with van der Waals surface area (Å²) in [5.74, 6) is -0.808. The van der Waals surface area contributed by atoms with Crippen LogP contribution in [0.4, 0.5) is 10.5 Å². The molecule has 0 unspecified atom stereocenters. The Labute approximate surface area is 124 Å². The molecule has 1 aliphatic rings. The summed E-state index contributed by atoms with van der Waals surface area (Å²) in [6, 6.07) is 7.50. The number of aryl methyl sites for hydroxylation is 1. The fraction of sp³-hybridized carbons (Fsp3) is 0.375. The van der Waals surface area contributed by atoms with Gasteiger partial charge in [-0.25, -0.2) is 4.79 Å². The Hall–Kier alpha value is -2.30. The fourth-order valence-electron chi connectivity index (χ4n) is 2.12. The summed E-state index contributed by atoms with van der Waals surface area (Å²) in [6.07, 6.45) is 4.44. The van der Waals surface area contributed by atoms with Gasteiger partial charge in [-0.05, 0) is 37.0 Å². The Morgan fingerprint density at radius 3 is 2.52 bits per heavy atom. The molecule has 0 spiro atoms. The number of hydrogen-bond donors (Lipinski definition) is 2. The molecule has 0 atom stereocenters. The predicted molar refractivity (Wildman–Crippen MR) is 81.3 cm³/mol. The smallest absolute Gasteiger partial charge is 0.322 e. The zero-order valence-corrected chi connectivity index (χ0v) is 11.9. The minimum atomic E-state index is -0.808. The maximum Gasteiger partial charge on any atom is 0.322 e. The van der Waals surface area contributed by atoms with Crippen LogP contribution in [-0.4, -0.2) is 34.6 Å². The molecular formula is C16H20N2O3. The van der Waals surface area contributed by atoms with Crippen LogP contribution >= 0.6 is 0 Å². The van der Waals surface area contributed by atoms with Crippen molar-refractivity contribution in [2.45, 2.75) is 31.7 Å². The van der Waals surface area contributed by atoms with Crippen LogP contribution in [0, 0.1) is 0 Å². The van der Waals surface area contributed by atoms with Crippen molar-refractivity contribution in [2.24, 2.45) is 0 Å². The van der Waals surface area contributed by atoms with E-state index in [1.807, 2.05) is 12.1 Å². The molecule has 0 bridgehead atoms. The summed E-state index contributed by atoms with van der Waals surface area (Å²) in [7, 11) is 0. The summed E-state index contributed by atoms with van der Waals surface area (Å²) in [6.45, 7) is 4.23. The number of urea groups is 1. The van der Waals surface area contributed by atoms with Crippen LogP contribution in [0.15, 0.2) is 36.9 Å². The third-order valence-corrected chi connectivity index (χ3v) is 3.41. The van der Waals surface area contributed by atoms with Gasteiger partial charge >= 0.3 is 12.0 Å². The van der Waals surface area contributed by atoms with Crippen LogP contribution in [0.5, 0.6) is 0 Å². The van der Waals surface area contributed by atoms with E-state index in [2.05, 4.69) is 11.9 Å². The van der Waals surface area contributed by atoms with Gasteiger partial charge in [0.25, 0.3) is 0 Å². The largest absolute Gasteiger partial charge is 0.481 e. The maximum absolute atomic E-state index is 12.2. The molecule has 2 rings (SSSR count). The average Bonchev–Trinajstić information content (AvgIpc) is 3.28. The van der Waals surface area contributed by atoms with Gasteiger partial charge in [0.1, 0.15) is 0 Å². The topological polar surface area (TPSA) is 69.6 Å². The molecule has 1 saturated carbocycles. The molecule has 1 fully saturated rings. The SMILES string of the molecule is C=CCN(C(=O)Nc1ccc(CCC(=O)O)cc1)C1CC1. The quantitative estimate of drug-likeness (QED) is 0.758. The lowest BCUT2D eigenvalue weighted by atomic mass is 10.1. The first-order valence-electron chi connectivity index (χ1n) is 7.09. The van der Waals surface area contributed by atoms with E-state index in [1.54, 1.807) is 23.1 Å². The molecule has 0 heterocycles. The van der Waals surface area contributed by atoms with Crippen LogP contribution < -0.4 is 5.32 Å². The lowest BCUT2D eigenvalue weighted by Gasteiger charge is -2.21. The number of carbonyl (C=O) groups excluding carboxylic acids is 1. The molecule has 0 radical (unpaired) electrons. The van der Waals surface area contributed by atoms with Crippen molar-refractivity contribution in [3.8, 4) is 0 Å². The van der Waals surface area contributed by atoms with Gasteiger partial charge < -0.3 is 15.3 Å². The lowest BCUT2D eigenvalue weighted by molar-refractivity contribution is -0.136. The van der Waals surface area contributed by atoms with Crippen LogP contribution in [0.2, 0.25) is 0 Å². The van der Waals surface area contributed by atoms with Crippen LogP contribution in [0.3, 0.4) is 0 Å². The number of carbonyl (C=O) groups is 2. The number of benzene rings is 1. The zero-order valence-electron chi connectivity index (χ0n) is 11.9. The van der Waals surface area contributed by atoms with Gasteiger partial charge in [-0.3, -0.25) is 4.79 Å². The number of carboxylic acid groups (broad SMARTS) is 1. The monoisotopic (exact) mass is 288 g/mol. The van der Waals surface area contributed by atoms with E-state index in [0.717, 1.165) is 18.4 Å². The molecule has 1 aliphatic carbocycles. The van der Waals surface area contributed by atoms with Crippen LogP contribution in [-0.2, 0) is 11.2 Å². The molecule has 1 aromatic rings. The predicted octanol–water partition coefficient (Wildman–Crippen LogP) is 2.89. The van der Waals surface area contributed by atoms with Gasteiger partial charge in [0.05, 0.1) is 0 Å². The molecule has 0 saturated heterocycles. The van der Waals surface area contributed by atoms with Crippen molar-refractivity contribution < 1.29 is 14.7 Å². The van der Waals surface area contributed by atoms with Crippen molar-refractivity contribution in [3.63, 3.8) is 0 Å². The summed E-state index contributed by atoms with van der Waals surface area (Å²) in [5, 5.41) is 11.5. The number of carboxylic acids is 1. The van der Waals surface area contributed by atoms with E-state index in [0.29, 0.717) is 24.7 Å². The molecule has 2 amide bonds. The Morgan fingerprint density at radius 2 is 2.00 bits per heavy atom. The second kappa shape index (κ2) is 6.92. The van der Waals surface area contributed by atoms with Gasteiger partial charge in [-0.15, -0.1) is 6.58 Å². The summed E-state index contributed by atoms with van der Waals surface area (Å²) < 4.78 is 0. The highest BCUT2D eigenvalue weighted by molar-refractivity contribution is 5.89. The number of aliphatic carboxylic acids is 1. The minimum Gasteiger partial charge on any atom is -0.481 e. The second-order valence-electron chi connectivity index (χ2n) is 5.19. The lowest BCUT2D eigenvalue weighted by Crippen LogP contribution is -2.36. The Bertz CT molecular complexity index is 521. The zero-order chi connectivity index (χ0) is 15.2. The molecule has 0 aliphatic heterocycles. The Morgan fingerprint density at radius 1 is 1.33 bits per heavy atom. The van der Waals surface area contributed by atoms with Gasteiger partial charge in [0.15, 0.2) is 0 Å². The third-order valence-electron chi connectivity index (χ3n) is 3.41. The highest BCUT2D eigenvalue weighted by Crippen LogP contribution is 2.27. The highest BCUT2D eigenvalue weighted by Gasteiger charge is 2.31. The van der Waals surface area contributed by atoms with Crippen molar-refractivity contribution in [1.82, 2.24) is 4.90 Å². The molecular weight excluding hydrogens is 268 g/mol. The standard InChI is InChI=1S/C16H20N2O3/c1-2-11-18(14-8-9-14)16(21)17-13-6-3-12(4-7-13)5-10-15(19)20/h2-4,6-7,14H,1,5,8-11H2,(H,17,21)(H,19,20). The fourth-order valence-corrected chi connectivity index (χ4v) is 2.12. The number of nitrogens with one attached hydrogen (secondary N) is 1. The van der Waals surface area contributed by atoms with Gasteiger partial charge in [0, 0.05) is 24.7 Å². The van der Waals surface area contributed by atoms with Crippen LogP contribution in [0.25, 0.3) is 0 Å². The number of nitrogens with zero attached hydrogens (tertiary/aromatic N) is 1. The summed E-state index contributed by atoms with van der Waals surface area (Å²) in [5.41, 5.74) is 1.66. The van der Waals surface area contributed by atoms with Crippen molar-refractivity contribution in [3.05, 3.63) is 42.5 Å². The highest BCUT2D eigenvalue weighted by atomic mass is 16.4.